The smallest absolute Gasteiger partial charge is 0.123 e. The van der Waals surface area contributed by atoms with Gasteiger partial charge >= 0.3 is 0 Å². The normalized spacial score (nSPS) is 96.0. The van der Waals surface area contributed by atoms with Gasteiger partial charge in [0.1, 0.15) is 1.41 Å². The second kappa shape index (κ2) is 2.49. The zero-order chi connectivity index (χ0) is 14.1. The lowest BCUT2D eigenvalue weighted by Gasteiger charge is -2.25. The summed E-state index contributed by atoms with van der Waals surface area (Å²) in [6.45, 7) is 1.94. The van der Waals surface area contributed by atoms with Crippen LogP contribution < -0.4 is 5.31 Å². The van der Waals surface area contributed by atoms with Crippen molar-refractivity contribution >= 4 is 0 Å². The standard InChI is InChI=1S/C7H15N/c1-6-4-3-5-7(2)8-6/h6-8H,3-5H2,1-2H3/i3D2,4D2,5D2,6D,7D/hD. The Morgan fingerprint density at radius 2 is 2.12 bits per heavy atom. The predicted molar refractivity (Wildman–Crippen MR) is 35.9 cm³/mol. The molecule has 1 aliphatic heterocycles. The second-order valence-corrected chi connectivity index (χ2v) is 1.66. The zero-order valence-corrected chi connectivity index (χ0v) is 4.95. The van der Waals surface area contributed by atoms with Crippen LogP contribution in [-0.2, 0) is 0 Å². The Morgan fingerprint density at radius 1 is 1.62 bits per heavy atom. The summed E-state index contributed by atoms with van der Waals surface area (Å²) in [7, 11) is 0. The summed E-state index contributed by atoms with van der Waals surface area (Å²) in [5, 5.41) is 0.182. The maximum absolute atomic E-state index is 7.76. The van der Waals surface area contributed by atoms with Gasteiger partial charge in [-0.15, -0.1) is 0 Å². The third-order valence-electron chi connectivity index (χ3n) is 0.822. The van der Waals surface area contributed by atoms with Crippen LogP contribution in [0.4, 0.5) is 0 Å². The van der Waals surface area contributed by atoms with Gasteiger partial charge in [-0.3, -0.25) is 0 Å². The van der Waals surface area contributed by atoms with Crippen molar-refractivity contribution in [3.05, 3.63) is 0 Å². The van der Waals surface area contributed by atoms with E-state index in [1.807, 2.05) is 0 Å². The molecule has 1 rings (SSSR count). The third-order valence-corrected chi connectivity index (χ3v) is 0.822. The van der Waals surface area contributed by atoms with Crippen LogP contribution in [-0.4, -0.2) is 12.0 Å². The molecule has 1 heterocycles. The van der Waals surface area contributed by atoms with E-state index in [1.165, 1.54) is 0 Å². The Balaban J connectivity index is 3.56. The molecule has 1 heteroatoms. The Hall–Kier alpha value is -0.0400. The van der Waals surface area contributed by atoms with E-state index in [0.29, 0.717) is 0 Å². The van der Waals surface area contributed by atoms with Crippen LogP contribution in [0.15, 0.2) is 0 Å². The summed E-state index contributed by atoms with van der Waals surface area (Å²) in [5.74, 6) is 0. The lowest BCUT2D eigenvalue weighted by molar-refractivity contribution is 0.352. The Kier molecular flexibility index (Phi) is 0.418. The van der Waals surface area contributed by atoms with Gasteiger partial charge < -0.3 is 5.31 Å². The molecule has 0 amide bonds. The van der Waals surface area contributed by atoms with Gasteiger partial charge in [0, 0.05) is 23.0 Å². The maximum Gasteiger partial charge on any atom is 0.123 e. The quantitative estimate of drug-likeness (QED) is 0.514. The highest BCUT2D eigenvalue weighted by Crippen LogP contribution is 2.10. The summed E-state index contributed by atoms with van der Waals surface area (Å²) >= 11 is 0. The van der Waals surface area contributed by atoms with E-state index in [-0.39, 0.29) is 5.31 Å². The molecule has 0 aromatic carbocycles. The first kappa shape index (κ1) is 1.34. The molecule has 1 aliphatic rings. The van der Waals surface area contributed by atoms with Crippen molar-refractivity contribution in [3.8, 4) is 0 Å². The molecule has 0 radical (unpaired) electrons. The summed E-state index contributed by atoms with van der Waals surface area (Å²) < 4.78 is 68.7. The van der Waals surface area contributed by atoms with Crippen LogP contribution in [0.1, 0.15) is 43.9 Å². The lowest BCUT2D eigenvalue weighted by Crippen LogP contribution is -2.38. The van der Waals surface area contributed by atoms with Gasteiger partial charge in [0.25, 0.3) is 0 Å². The van der Waals surface area contributed by atoms with Crippen molar-refractivity contribution in [2.24, 2.45) is 0 Å². The van der Waals surface area contributed by atoms with E-state index in [2.05, 4.69) is 0 Å². The van der Waals surface area contributed by atoms with Gasteiger partial charge in [0.2, 0.25) is 0 Å². The first-order chi connectivity index (χ1) is 7.15. The van der Waals surface area contributed by atoms with Gasteiger partial charge in [-0.1, -0.05) is 6.37 Å². The van der Waals surface area contributed by atoms with Gasteiger partial charge in [-0.2, -0.15) is 0 Å². The van der Waals surface area contributed by atoms with Gasteiger partial charge in [-0.05, 0) is 26.6 Å². The molecule has 1 saturated heterocycles. The molecule has 2 unspecified atom stereocenters. The average Bonchev–Trinajstić information content (AvgIpc) is 2.13. The van der Waals surface area contributed by atoms with E-state index >= 15 is 0 Å². The number of rotatable bonds is 0. The maximum atomic E-state index is 7.76. The van der Waals surface area contributed by atoms with E-state index in [0.717, 1.165) is 13.8 Å². The molecule has 8 heavy (non-hydrogen) atoms. The minimum absolute atomic E-state index is 0.182. The van der Waals surface area contributed by atoms with Crippen molar-refractivity contribution in [2.45, 2.75) is 45.0 Å². The SMILES string of the molecule is [2H]N1C([2H])(C)C([2H])([2H])C([2H])([2H])C([2H])([2H])C1([2H])C. The van der Waals surface area contributed by atoms with Crippen LogP contribution in [0.5, 0.6) is 0 Å². The van der Waals surface area contributed by atoms with Gasteiger partial charge in [0.05, 0.1) is 0 Å². The molecular weight excluding hydrogens is 98.1 g/mol. The van der Waals surface area contributed by atoms with Gasteiger partial charge in [0.15, 0.2) is 0 Å². The fraction of sp³-hybridized carbons (Fsp3) is 1.00. The van der Waals surface area contributed by atoms with E-state index < -0.39 is 31.2 Å². The van der Waals surface area contributed by atoms with Crippen LogP contribution in [0.2, 0.25) is 1.41 Å². The highest BCUT2D eigenvalue weighted by atomic mass is 14.9. The van der Waals surface area contributed by atoms with Gasteiger partial charge in [-0.25, -0.2) is 0 Å². The first-order valence-electron chi connectivity index (χ1n) is 6.89. The van der Waals surface area contributed by atoms with Crippen molar-refractivity contribution in [1.82, 2.24) is 5.31 Å². The van der Waals surface area contributed by atoms with Crippen molar-refractivity contribution in [1.29, 1.82) is 0 Å². The second-order valence-electron chi connectivity index (χ2n) is 1.66. The summed E-state index contributed by atoms with van der Waals surface area (Å²) in [6.07, 6.45) is -8.90. The summed E-state index contributed by atoms with van der Waals surface area (Å²) in [5.41, 5.74) is 0. The van der Waals surface area contributed by atoms with E-state index in [4.69, 9.17) is 12.4 Å². The molecule has 0 bridgehead atoms. The highest BCUT2D eigenvalue weighted by molar-refractivity contribution is 4.73. The number of nitrogens with one attached hydrogen (secondary N) is 1. The molecule has 2 atom stereocenters. The molecule has 1 fully saturated rings. The number of hydrogen-bond acceptors (Lipinski definition) is 1. The summed E-state index contributed by atoms with van der Waals surface area (Å²) in [6, 6.07) is -4.72. The lowest BCUT2D eigenvalue weighted by atomic mass is 10.0. The Labute approximate surface area is 64.2 Å². The van der Waals surface area contributed by atoms with Crippen molar-refractivity contribution in [2.75, 3.05) is 0 Å². The van der Waals surface area contributed by atoms with Crippen molar-refractivity contribution < 1.29 is 12.4 Å². The molecule has 48 valence electrons. The van der Waals surface area contributed by atoms with E-state index in [1.54, 1.807) is 0 Å². The Bertz CT molecular complexity index is 304. The Morgan fingerprint density at radius 3 is 2.62 bits per heavy atom. The molecule has 0 spiro atoms. The largest absolute Gasteiger partial charge is 0.312 e. The molecule has 0 aromatic rings. The van der Waals surface area contributed by atoms with Crippen LogP contribution in [0.25, 0.3) is 0 Å². The fourth-order valence-corrected chi connectivity index (χ4v) is 0.520. The van der Waals surface area contributed by atoms with Crippen molar-refractivity contribution in [3.63, 3.8) is 0 Å². The molecule has 0 saturated carbocycles. The predicted octanol–water partition coefficient (Wildman–Crippen LogP) is 1.54. The van der Waals surface area contributed by atoms with Crippen LogP contribution in [0.3, 0.4) is 0 Å². The van der Waals surface area contributed by atoms with Crippen LogP contribution >= 0.6 is 0 Å². The number of piperidine rings is 1. The monoisotopic (exact) mass is 122 g/mol. The van der Waals surface area contributed by atoms with E-state index in [9.17, 15) is 0 Å². The first-order valence-corrected chi connectivity index (χ1v) is 2.45. The number of hydrogen-bond donors (Lipinski definition) is 1. The van der Waals surface area contributed by atoms with Crippen LogP contribution in [0, 0.1) is 0 Å². The molecular formula is C7H15N. The average molecular weight is 122 g/mol. The molecule has 1 nitrogen and oxygen atoms in total. The minimum atomic E-state index is -3.05. The minimum Gasteiger partial charge on any atom is -0.312 e. The molecule has 0 aromatic heterocycles. The topological polar surface area (TPSA) is 12.0 Å². The third kappa shape index (κ3) is 1.48. The fourth-order valence-electron chi connectivity index (χ4n) is 0.520. The molecule has 1 N–H and O–H groups in total. The highest BCUT2D eigenvalue weighted by Gasteiger charge is 2.11. The molecule has 0 aliphatic carbocycles. The zero-order valence-electron chi connectivity index (χ0n) is 13.9. The summed E-state index contributed by atoms with van der Waals surface area (Å²) in [4.78, 5) is 0.